The minimum atomic E-state index is 0.363. The molecule has 0 aliphatic carbocycles. The van der Waals surface area contributed by atoms with Crippen LogP contribution in [0.4, 0.5) is 5.69 Å². The Balaban J connectivity index is 2.13. The first-order valence-electron chi connectivity index (χ1n) is 7.36. The molecule has 3 aromatic rings. The molecule has 3 heteroatoms. The third kappa shape index (κ3) is 2.51. The predicted molar refractivity (Wildman–Crippen MR) is 88.5 cm³/mol. The second-order valence-electron chi connectivity index (χ2n) is 5.91. The van der Waals surface area contributed by atoms with Crippen molar-refractivity contribution in [2.24, 2.45) is 0 Å². The standard InChI is InChI=1S/C18H21N3/c1-12(2)18-20-17-15(19)5-4-6-16(17)21(18)11-14-9-7-13(3)8-10-14/h4-10,12H,11,19H2,1-3H3. The third-order valence-electron chi connectivity index (χ3n) is 3.82. The summed E-state index contributed by atoms with van der Waals surface area (Å²) in [6.45, 7) is 7.27. The quantitative estimate of drug-likeness (QED) is 0.734. The Labute approximate surface area is 125 Å². The van der Waals surface area contributed by atoms with Crippen LogP contribution >= 0.6 is 0 Å². The summed E-state index contributed by atoms with van der Waals surface area (Å²) in [5, 5.41) is 0. The molecule has 1 aromatic heterocycles. The van der Waals surface area contributed by atoms with E-state index < -0.39 is 0 Å². The van der Waals surface area contributed by atoms with Gasteiger partial charge in [-0.2, -0.15) is 0 Å². The zero-order valence-electron chi connectivity index (χ0n) is 12.8. The van der Waals surface area contributed by atoms with Crippen molar-refractivity contribution in [3.05, 3.63) is 59.4 Å². The monoisotopic (exact) mass is 279 g/mol. The highest BCUT2D eigenvalue weighted by molar-refractivity contribution is 5.87. The number of nitrogens with zero attached hydrogens (tertiary/aromatic N) is 2. The van der Waals surface area contributed by atoms with E-state index in [2.05, 4.69) is 55.7 Å². The first-order valence-corrected chi connectivity index (χ1v) is 7.36. The molecule has 0 amide bonds. The van der Waals surface area contributed by atoms with Crippen LogP contribution < -0.4 is 5.73 Å². The van der Waals surface area contributed by atoms with Crippen LogP contribution in [0.2, 0.25) is 0 Å². The molecule has 0 aliphatic rings. The molecule has 0 fully saturated rings. The second-order valence-corrected chi connectivity index (χ2v) is 5.91. The predicted octanol–water partition coefficient (Wildman–Crippen LogP) is 4.10. The van der Waals surface area contributed by atoms with Gasteiger partial charge in [0.1, 0.15) is 11.3 Å². The molecule has 0 radical (unpaired) electrons. The number of aryl methyl sites for hydroxylation is 1. The summed E-state index contributed by atoms with van der Waals surface area (Å²) in [5.41, 5.74) is 11.4. The van der Waals surface area contributed by atoms with Crippen molar-refractivity contribution >= 4 is 16.7 Å². The lowest BCUT2D eigenvalue weighted by molar-refractivity contribution is 0.683. The normalized spacial score (nSPS) is 11.4. The Morgan fingerprint density at radius 2 is 1.81 bits per heavy atom. The lowest BCUT2D eigenvalue weighted by Crippen LogP contribution is -2.06. The smallest absolute Gasteiger partial charge is 0.112 e. The van der Waals surface area contributed by atoms with Gasteiger partial charge in [0.25, 0.3) is 0 Å². The fourth-order valence-electron chi connectivity index (χ4n) is 2.67. The average Bonchev–Trinajstić information content (AvgIpc) is 2.82. The Hall–Kier alpha value is -2.29. The van der Waals surface area contributed by atoms with Gasteiger partial charge in [-0.3, -0.25) is 0 Å². The maximum Gasteiger partial charge on any atom is 0.112 e. The molecule has 1 heterocycles. The number of nitrogens with two attached hydrogens (primary N) is 1. The van der Waals surface area contributed by atoms with Crippen LogP contribution in [0.5, 0.6) is 0 Å². The molecule has 3 nitrogen and oxygen atoms in total. The number of nitrogen functional groups attached to an aromatic ring is 1. The summed E-state index contributed by atoms with van der Waals surface area (Å²) in [5.74, 6) is 1.45. The minimum Gasteiger partial charge on any atom is -0.397 e. The van der Waals surface area contributed by atoms with Crippen LogP contribution in [0.1, 0.15) is 36.7 Å². The van der Waals surface area contributed by atoms with Crippen LogP contribution in [0, 0.1) is 6.92 Å². The van der Waals surface area contributed by atoms with Gasteiger partial charge in [-0.05, 0) is 24.6 Å². The zero-order valence-corrected chi connectivity index (χ0v) is 12.8. The van der Waals surface area contributed by atoms with E-state index in [1.54, 1.807) is 0 Å². The van der Waals surface area contributed by atoms with E-state index in [1.807, 2.05) is 12.1 Å². The summed E-state index contributed by atoms with van der Waals surface area (Å²) >= 11 is 0. The van der Waals surface area contributed by atoms with Crippen molar-refractivity contribution in [3.63, 3.8) is 0 Å². The molecule has 0 spiro atoms. The summed E-state index contributed by atoms with van der Waals surface area (Å²) in [4.78, 5) is 4.76. The van der Waals surface area contributed by atoms with Gasteiger partial charge < -0.3 is 10.3 Å². The van der Waals surface area contributed by atoms with Crippen LogP contribution in [0.3, 0.4) is 0 Å². The fraction of sp³-hybridized carbons (Fsp3) is 0.278. The van der Waals surface area contributed by atoms with Crippen LogP contribution in [-0.2, 0) is 6.54 Å². The highest BCUT2D eigenvalue weighted by atomic mass is 15.1. The number of hydrogen-bond acceptors (Lipinski definition) is 2. The van der Waals surface area contributed by atoms with Crippen molar-refractivity contribution in [2.75, 3.05) is 5.73 Å². The van der Waals surface area contributed by atoms with Gasteiger partial charge in [-0.1, -0.05) is 49.7 Å². The number of imidazole rings is 1. The number of rotatable bonds is 3. The van der Waals surface area contributed by atoms with Gasteiger partial charge >= 0.3 is 0 Å². The number of anilines is 1. The molecule has 0 atom stereocenters. The van der Waals surface area contributed by atoms with E-state index in [1.165, 1.54) is 11.1 Å². The second kappa shape index (κ2) is 5.24. The van der Waals surface area contributed by atoms with Gasteiger partial charge in [0.05, 0.1) is 11.2 Å². The summed E-state index contributed by atoms with van der Waals surface area (Å²) in [6.07, 6.45) is 0. The first kappa shape index (κ1) is 13.7. The van der Waals surface area contributed by atoms with Gasteiger partial charge in [-0.25, -0.2) is 4.98 Å². The highest BCUT2D eigenvalue weighted by Crippen LogP contribution is 2.26. The van der Waals surface area contributed by atoms with Crippen LogP contribution in [0.15, 0.2) is 42.5 Å². The van der Waals surface area contributed by atoms with Gasteiger partial charge in [0.2, 0.25) is 0 Å². The molecule has 0 bridgehead atoms. The number of fused-ring (bicyclic) bond motifs is 1. The number of para-hydroxylation sites is 1. The van der Waals surface area contributed by atoms with E-state index in [-0.39, 0.29) is 0 Å². The van der Waals surface area contributed by atoms with Crippen molar-refractivity contribution in [2.45, 2.75) is 33.2 Å². The lowest BCUT2D eigenvalue weighted by Gasteiger charge is -2.12. The Morgan fingerprint density at radius 3 is 2.48 bits per heavy atom. The van der Waals surface area contributed by atoms with Gasteiger partial charge in [0, 0.05) is 12.5 Å². The van der Waals surface area contributed by atoms with Crippen LogP contribution in [0.25, 0.3) is 11.0 Å². The third-order valence-corrected chi connectivity index (χ3v) is 3.82. The fourth-order valence-corrected chi connectivity index (χ4v) is 2.67. The Bertz CT molecular complexity index is 767. The van der Waals surface area contributed by atoms with E-state index >= 15 is 0 Å². The van der Waals surface area contributed by atoms with Crippen molar-refractivity contribution in [3.8, 4) is 0 Å². The summed E-state index contributed by atoms with van der Waals surface area (Å²) < 4.78 is 2.28. The minimum absolute atomic E-state index is 0.363. The average molecular weight is 279 g/mol. The molecule has 2 aromatic carbocycles. The van der Waals surface area contributed by atoms with Crippen molar-refractivity contribution < 1.29 is 0 Å². The SMILES string of the molecule is Cc1ccc(Cn2c(C(C)C)nc3c(N)cccc32)cc1. The lowest BCUT2D eigenvalue weighted by atomic mass is 10.1. The Morgan fingerprint density at radius 1 is 1.10 bits per heavy atom. The highest BCUT2D eigenvalue weighted by Gasteiger charge is 2.15. The maximum atomic E-state index is 6.08. The first-order chi connectivity index (χ1) is 10.1. The number of benzene rings is 2. The summed E-state index contributed by atoms with van der Waals surface area (Å²) in [6, 6.07) is 14.7. The zero-order chi connectivity index (χ0) is 15.0. The molecule has 0 aliphatic heterocycles. The molecule has 3 rings (SSSR count). The van der Waals surface area contributed by atoms with Gasteiger partial charge in [0.15, 0.2) is 0 Å². The van der Waals surface area contributed by atoms with Crippen LogP contribution in [-0.4, -0.2) is 9.55 Å². The van der Waals surface area contributed by atoms with E-state index in [0.717, 1.165) is 29.1 Å². The molecule has 0 saturated heterocycles. The topological polar surface area (TPSA) is 43.8 Å². The molecular weight excluding hydrogens is 258 g/mol. The molecular formula is C18H21N3. The molecule has 2 N–H and O–H groups in total. The van der Waals surface area contributed by atoms with E-state index in [4.69, 9.17) is 10.7 Å². The van der Waals surface area contributed by atoms with Crippen molar-refractivity contribution in [1.82, 2.24) is 9.55 Å². The maximum absolute atomic E-state index is 6.08. The summed E-state index contributed by atoms with van der Waals surface area (Å²) in [7, 11) is 0. The van der Waals surface area contributed by atoms with Crippen molar-refractivity contribution in [1.29, 1.82) is 0 Å². The molecule has 0 saturated carbocycles. The largest absolute Gasteiger partial charge is 0.397 e. The number of aromatic nitrogens is 2. The van der Waals surface area contributed by atoms with E-state index in [9.17, 15) is 0 Å². The molecule has 108 valence electrons. The molecule has 21 heavy (non-hydrogen) atoms. The molecule has 0 unspecified atom stereocenters. The van der Waals surface area contributed by atoms with E-state index in [0.29, 0.717) is 5.92 Å². The Kier molecular flexibility index (Phi) is 3.42. The number of hydrogen-bond donors (Lipinski definition) is 1. The van der Waals surface area contributed by atoms with Gasteiger partial charge in [-0.15, -0.1) is 0 Å².